The summed E-state index contributed by atoms with van der Waals surface area (Å²) in [5, 5.41) is 12.5. The third-order valence-corrected chi connectivity index (χ3v) is 2.01. The summed E-state index contributed by atoms with van der Waals surface area (Å²) < 4.78 is 4.68. The van der Waals surface area contributed by atoms with Crippen LogP contribution >= 0.6 is 0 Å². The van der Waals surface area contributed by atoms with E-state index in [1.54, 1.807) is 19.1 Å². The Hall–Kier alpha value is -2.35. The zero-order valence-electron chi connectivity index (χ0n) is 9.73. The van der Waals surface area contributed by atoms with Crippen molar-refractivity contribution < 1.29 is 9.53 Å². The molecule has 1 aromatic rings. The maximum Gasteiger partial charge on any atom is 0.369 e. The molecule has 0 fully saturated rings. The van der Waals surface area contributed by atoms with Crippen LogP contribution in [0.2, 0.25) is 0 Å². The molecule has 1 rings (SSSR count). The number of aryl methyl sites for hydroxylation is 1. The third kappa shape index (κ3) is 3.61. The number of nitriles is 1. The Bertz CT molecular complexity index is 475. The molecule has 0 heterocycles. The van der Waals surface area contributed by atoms with E-state index in [9.17, 15) is 4.79 Å². The highest BCUT2D eigenvalue weighted by atomic mass is 16.5. The predicted molar refractivity (Wildman–Crippen MR) is 64.5 cm³/mol. The number of nitrogens with one attached hydrogen (secondary N) is 1. The first-order valence-corrected chi connectivity index (χ1v) is 5.15. The number of hydrazone groups is 1. The molecule has 0 atom stereocenters. The van der Waals surface area contributed by atoms with Crippen LogP contribution in [0.1, 0.15) is 12.5 Å². The van der Waals surface area contributed by atoms with Gasteiger partial charge in [-0.1, -0.05) is 18.2 Å². The molecule has 0 aliphatic heterocycles. The maximum atomic E-state index is 11.3. The van der Waals surface area contributed by atoms with Gasteiger partial charge in [-0.05, 0) is 25.5 Å². The van der Waals surface area contributed by atoms with Gasteiger partial charge in [0.05, 0.1) is 12.3 Å². The fourth-order valence-corrected chi connectivity index (χ4v) is 1.13. The lowest BCUT2D eigenvalue weighted by Gasteiger charge is -2.04. The van der Waals surface area contributed by atoms with Crippen molar-refractivity contribution in [3.8, 4) is 6.07 Å². The van der Waals surface area contributed by atoms with Crippen molar-refractivity contribution in [1.29, 1.82) is 5.26 Å². The third-order valence-electron chi connectivity index (χ3n) is 2.01. The molecule has 88 valence electrons. The number of hydrogen-bond donors (Lipinski definition) is 1. The number of anilines is 1. The molecular formula is C12H13N3O2. The van der Waals surface area contributed by atoms with Crippen molar-refractivity contribution in [3.05, 3.63) is 29.8 Å². The van der Waals surface area contributed by atoms with Gasteiger partial charge in [0, 0.05) is 0 Å². The van der Waals surface area contributed by atoms with Gasteiger partial charge in [-0.2, -0.15) is 10.4 Å². The van der Waals surface area contributed by atoms with Crippen LogP contribution in [0.3, 0.4) is 0 Å². The highest BCUT2D eigenvalue weighted by molar-refractivity contribution is 6.43. The lowest BCUT2D eigenvalue weighted by molar-refractivity contribution is -0.134. The summed E-state index contributed by atoms with van der Waals surface area (Å²) in [6.45, 7) is 3.78. The second-order valence-electron chi connectivity index (χ2n) is 3.22. The van der Waals surface area contributed by atoms with Crippen molar-refractivity contribution in [2.75, 3.05) is 12.0 Å². The zero-order chi connectivity index (χ0) is 12.7. The summed E-state index contributed by atoms with van der Waals surface area (Å²) in [5.74, 6) is -0.726. The average molecular weight is 231 g/mol. The minimum absolute atomic E-state index is 0.212. The van der Waals surface area contributed by atoms with Crippen LogP contribution in [0.15, 0.2) is 29.4 Å². The van der Waals surface area contributed by atoms with Gasteiger partial charge < -0.3 is 4.74 Å². The molecule has 5 heteroatoms. The highest BCUT2D eigenvalue weighted by Crippen LogP contribution is 2.12. The van der Waals surface area contributed by atoms with E-state index in [-0.39, 0.29) is 12.3 Å². The minimum Gasteiger partial charge on any atom is -0.461 e. The van der Waals surface area contributed by atoms with Crippen molar-refractivity contribution in [3.63, 3.8) is 0 Å². The van der Waals surface area contributed by atoms with Crippen molar-refractivity contribution in [2.24, 2.45) is 5.10 Å². The SMILES string of the molecule is CCOC(=O)C(C#N)=NNc1ccccc1C. The van der Waals surface area contributed by atoms with Gasteiger partial charge >= 0.3 is 5.97 Å². The molecule has 5 nitrogen and oxygen atoms in total. The van der Waals surface area contributed by atoms with E-state index in [4.69, 9.17) is 5.26 Å². The first kappa shape index (κ1) is 12.7. The normalized spacial score (nSPS) is 10.5. The Labute approximate surface area is 99.7 Å². The van der Waals surface area contributed by atoms with Gasteiger partial charge in [-0.25, -0.2) is 4.79 Å². The van der Waals surface area contributed by atoms with Gasteiger partial charge in [0.1, 0.15) is 6.07 Å². The van der Waals surface area contributed by atoms with Crippen LogP contribution in [-0.4, -0.2) is 18.3 Å². The number of hydrogen-bond acceptors (Lipinski definition) is 5. The molecule has 1 N–H and O–H groups in total. The molecule has 0 aliphatic rings. The molecule has 0 aliphatic carbocycles. The second kappa shape index (κ2) is 6.28. The Kier molecular flexibility index (Phi) is 4.70. The smallest absolute Gasteiger partial charge is 0.369 e. The van der Waals surface area contributed by atoms with Crippen LogP contribution in [-0.2, 0) is 9.53 Å². The van der Waals surface area contributed by atoms with Crippen LogP contribution in [0.5, 0.6) is 0 Å². The Balaban J connectivity index is 2.79. The zero-order valence-corrected chi connectivity index (χ0v) is 9.73. The van der Waals surface area contributed by atoms with Gasteiger partial charge in [-0.15, -0.1) is 0 Å². The van der Waals surface area contributed by atoms with E-state index < -0.39 is 5.97 Å². The Morgan fingerprint density at radius 3 is 2.82 bits per heavy atom. The molecule has 0 amide bonds. The number of nitrogens with zero attached hydrogens (tertiary/aromatic N) is 2. The van der Waals surface area contributed by atoms with E-state index in [1.807, 2.05) is 25.1 Å². The molecule has 0 saturated carbocycles. The molecule has 0 aromatic heterocycles. The number of ether oxygens (including phenoxy) is 1. The molecule has 0 unspecified atom stereocenters. The summed E-state index contributed by atoms with van der Waals surface area (Å²) in [7, 11) is 0. The number of carbonyl (C=O) groups excluding carboxylic acids is 1. The number of rotatable bonds is 4. The Morgan fingerprint density at radius 1 is 1.53 bits per heavy atom. The summed E-state index contributed by atoms with van der Waals surface area (Å²) >= 11 is 0. The summed E-state index contributed by atoms with van der Waals surface area (Å²) in [6, 6.07) is 9.12. The average Bonchev–Trinajstić information content (AvgIpc) is 2.32. The van der Waals surface area contributed by atoms with Crippen molar-refractivity contribution in [1.82, 2.24) is 0 Å². The topological polar surface area (TPSA) is 74.5 Å². The molecule has 1 aromatic carbocycles. The molecule has 0 radical (unpaired) electrons. The largest absolute Gasteiger partial charge is 0.461 e. The molecule has 0 saturated heterocycles. The van der Waals surface area contributed by atoms with E-state index in [0.29, 0.717) is 0 Å². The fraction of sp³-hybridized carbons (Fsp3) is 0.250. The highest BCUT2D eigenvalue weighted by Gasteiger charge is 2.11. The minimum atomic E-state index is -0.726. The quantitative estimate of drug-likeness (QED) is 0.487. The van der Waals surface area contributed by atoms with Gasteiger partial charge in [0.25, 0.3) is 0 Å². The van der Waals surface area contributed by atoms with Gasteiger partial charge in [0.15, 0.2) is 0 Å². The first-order valence-electron chi connectivity index (χ1n) is 5.15. The Morgan fingerprint density at radius 2 is 2.24 bits per heavy atom. The summed E-state index contributed by atoms with van der Waals surface area (Å²) in [4.78, 5) is 11.3. The van der Waals surface area contributed by atoms with E-state index in [1.165, 1.54) is 0 Å². The number of esters is 1. The number of para-hydroxylation sites is 1. The van der Waals surface area contributed by atoms with E-state index in [0.717, 1.165) is 11.3 Å². The lowest BCUT2D eigenvalue weighted by Crippen LogP contribution is -2.17. The maximum absolute atomic E-state index is 11.3. The van der Waals surface area contributed by atoms with E-state index >= 15 is 0 Å². The molecule has 17 heavy (non-hydrogen) atoms. The standard InChI is InChI=1S/C12H13N3O2/c1-3-17-12(16)11(8-13)15-14-10-7-5-4-6-9(10)2/h4-7,14H,3H2,1-2H3. The second-order valence-corrected chi connectivity index (χ2v) is 3.22. The van der Waals surface area contributed by atoms with Crippen LogP contribution in [0.25, 0.3) is 0 Å². The van der Waals surface area contributed by atoms with Gasteiger partial charge in [0.2, 0.25) is 5.71 Å². The molecule has 0 bridgehead atoms. The van der Waals surface area contributed by atoms with Crippen molar-refractivity contribution >= 4 is 17.4 Å². The van der Waals surface area contributed by atoms with E-state index in [2.05, 4.69) is 15.3 Å². The van der Waals surface area contributed by atoms with Crippen LogP contribution < -0.4 is 5.43 Å². The van der Waals surface area contributed by atoms with Crippen LogP contribution in [0.4, 0.5) is 5.69 Å². The fourth-order valence-electron chi connectivity index (χ4n) is 1.13. The predicted octanol–water partition coefficient (Wildman–Crippen LogP) is 1.85. The van der Waals surface area contributed by atoms with Gasteiger partial charge in [-0.3, -0.25) is 5.43 Å². The monoisotopic (exact) mass is 231 g/mol. The first-order chi connectivity index (χ1) is 8.19. The molecule has 0 spiro atoms. The lowest BCUT2D eigenvalue weighted by atomic mass is 10.2. The number of carbonyl (C=O) groups is 1. The van der Waals surface area contributed by atoms with Crippen LogP contribution in [0, 0.1) is 18.3 Å². The summed E-state index contributed by atoms with van der Waals surface area (Å²) in [5.41, 5.74) is 4.08. The number of benzene rings is 1. The van der Waals surface area contributed by atoms with Crippen molar-refractivity contribution in [2.45, 2.75) is 13.8 Å². The molecular weight excluding hydrogens is 218 g/mol. The summed E-state index contributed by atoms with van der Waals surface area (Å²) in [6.07, 6.45) is 0.